The smallest absolute Gasteiger partial charge is 0.241 e. The number of benzene rings is 1. The van der Waals surface area contributed by atoms with Crippen LogP contribution in [0, 0.1) is 12.7 Å². The first kappa shape index (κ1) is 29.3. The van der Waals surface area contributed by atoms with Crippen molar-refractivity contribution in [2.45, 2.75) is 52.6 Å². The monoisotopic (exact) mass is 589 g/mol. The number of aryl methyl sites for hydroxylation is 1. The van der Waals surface area contributed by atoms with Crippen LogP contribution >= 0.6 is 11.5 Å². The normalized spacial score (nSPS) is 14.5. The fourth-order valence-corrected chi connectivity index (χ4v) is 5.69. The summed E-state index contributed by atoms with van der Waals surface area (Å²) in [6.07, 6.45) is 10.5. The Kier molecular flexibility index (Phi) is 9.55. The van der Waals surface area contributed by atoms with Crippen LogP contribution in [-0.2, 0) is 17.9 Å². The molecule has 42 heavy (non-hydrogen) atoms. The minimum atomic E-state index is -0.359. The van der Waals surface area contributed by atoms with Gasteiger partial charge >= 0.3 is 0 Å². The highest BCUT2D eigenvalue weighted by Crippen LogP contribution is 2.27. The minimum absolute atomic E-state index is 0.0649. The number of hydrogen-bond acceptors (Lipinski definition) is 9. The zero-order chi connectivity index (χ0) is 29.5. The summed E-state index contributed by atoms with van der Waals surface area (Å²) >= 11 is 1.43. The fraction of sp³-hybridized carbons (Fsp3) is 0.367. The predicted molar refractivity (Wildman–Crippen MR) is 165 cm³/mol. The molecule has 220 valence electrons. The number of hydrogen-bond donors (Lipinski definition) is 2. The topological polar surface area (TPSA) is 103 Å². The van der Waals surface area contributed by atoms with Crippen molar-refractivity contribution in [3.05, 3.63) is 77.4 Å². The molecule has 1 aliphatic heterocycles. The maximum atomic E-state index is 13.9. The van der Waals surface area contributed by atoms with E-state index >= 15 is 0 Å². The Morgan fingerprint density at radius 1 is 1.24 bits per heavy atom. The summed E-state index contributed by atoms with van der Waals surface area (Å²) in [4.78, 5) is 24.4. The maximum Gasteiger partial charge on any atom is 0.241 e. The Morgan fingerprint density at radius 3 is 2.79 bits per heavy atom. The van der Waals surface area contributed by atoms with Crippen LogP contribution in [0.5, 0.6) is 0 Å². The number of carbonyl (C=O) groups is 1. The lowest BCUT2D eigenvalue weighted by Crippen LogP contribution is -2.32. The predicted octanol–water partition coefficient (Wildman–Crippen LogP) is 5.35. The molecule has 0 saturated carbocycles. The molecule has 1 saturated heterocycles. The van der Waals surface area contributed by atoms with Gasteiger partial charge in [-0.1, -0.05) is 31.0 Å². The molecule has 10 nitrogen and oxygen atoms in total. The van der Waals surface area contributed by atoms with Crippen molar-refractivity contribution >= 4 is 46.2 Å². The summed E-state index contributed by atoms with van der Waals surface area (Å²) in [5.41, 5.74) is 4.62. The van der Waals surface area contributed by atoms with Gasteiger partial charge in [-0.25, -0.2) is 14.4 Å². The molecule has 0 radical (unpaired) electrons. The lowest BCUT2D eigenvalue weighted by Gasteiger charge is -2.17. The number of rotatable bonds is 11. The van der Waals surface area contributed by atoms with Gasteiger partial charge in [0.25, 0.3) is 0 Å². The van der Waals surface area contributed by atoms with Gasteiger partial charge in [0.2, 0.25) is 5.91 Å². The number of hydrazone groups is 1. The van der Waals surface area contributed by atoms with E-state index in [9.17, 15) is 9.18 Å². The molecule has 1 fully saturated rings. The van der Waals surface area contributed by atoms with Crippen molar-refractivity contribution in [2.24, 2.45) is 5.10 Å². The van der Waals surface area contributed by atoms with Gasteiger partial charge in [-0.05, 0) is 69.0 Å². The number of nitrogens with zero attached hydrogens (tertiary/aromatic N) is 7. The maximum absolute atomic E-state index is 13.9. The summed E-state index contributed by atoms with van der Waals surface area (Å²) in [6.45, 7) is 10.6. The molecule has 4 aromatic rings. The van der Waals surface area contributed by atoms with E-state index in [1.807, 2.05) is 24.4 Å². The highest BCUT2D eigenvalue weighted by molar-refractivity contribution is 7.10. The molecule has 2 N–H and O–H groups in total. The number of halogens is 1. The van der Waals surface area contributed by atoms with Crippen LogP contribution in [-0.4, -0.2) is 60.9 Å². The fourth-order valence-electron chi connectivity index (χ4n) is 5.03. The van der Waals surface area contributed by atoms with E-state index in [4.69, 9.17) is 4.98 Å². The number of allylic oxidation sites excluding steroid dienone is 1. The molecule has 1 amide bonds. The first-order valence-electron chi connectivity index (χ1n) is 14.1. The summed E-state index contributed by atoms with van der Waals surface area (Å²) < 4.78 is 20.5. The van der Waals surface area contributed by atoms with Crippen LogP contribution in [0.3, 0.4) is 0 Å². The molecule has 0 bridgehead atoms. The average molecular weight is 590 g/mol. The van der Waals surface area contributed by atoms with E-state index in [1.165, 1.54) is 48.3 Å². The van der Waals surface area contributed by atoms with E-state index < -0.39 is 0 Å². The molecule has 0 spiro atoms. The third-order valence-electron chi connectivity index (χ3n) is 7.17. The number of likely N-dealkylation sites (tertiary alicyclic amines) is 1. The van der Waals surface area contributed by atoms with Gasteiger partial charge in [0.15, 0.2) is 11.5 Å². The minimum Gasteiger partial charge on any atom is -0.350 e. The number of carbonyl (C=O) groups excluding carboxylic acids is 1. The number of amides is 1. The summed E-state index contributed by atoms with van der Waals surface area (Å²) in [7, 11) is 0. The van der Waals surface area contributed by atoms with Crippen LogP contribution < -0.4 is 10.6 Å². The molecule has 1 aliphatic rings. The number of nitrogens with one attached hydrogen (secondary N) is 2. The molecule has 3 aromatic heterocycles. The Labute approximate surface area is 249 Å². The Balaban J connectivity index is 1.27. The van der Waals surface area contributed by atoms with Crippen LogP contribution in [0.4, 0.5) is 15.2 Å². The van der Waals surface area contributed by atoms with Crippen molar-refractivity contribution in [3.63, 3.8) is 0 Å². The number of imidazole rings is 1. The molecule has 0 aliphatic carbocycles. The van der Waals surface area contributed by atoms with E-state index in [0.29, 0.717) is 17.0 Å². The summed E-state index contributed by atoms with van der Waals surface area (Å²) in [5.74, 6) is -0.0218. The van der Waals surface area contributed by atoms with E-state index in [-0.39, 0.29) is 24.8 Å². The standard InChI is InChI=1S/C30H36FN9OS/c1-21(17-39(32-3)20-27(41)33-15-23-10-6-7-11-25(23)31)26-16-34-30-29(35-22(2)18-40(26)30)36-28-14-24(37-42-28)19-38-12-8-4-5-9-13-38/h6-7,10-11,14,16-18H,3-5,8-9,12-13,15,19-20H2,1-2H3,(H,33,41)(H,35,36)/b21-17+. The van der Waals surface area contributed by atoms with Crippen molar-refractivity contribution in [1.82, 2.24) is 34.0 Å². The van der Waals surface area contributed by atoms with Crippen molar-refractivity contribution < 1.29 is 9.18 Å². The van der Waals surface area contributed by atoms with E-state index in [2.05, 4.69) is 42.8 Å². The first-order chi connectivity index (χ1) is 20.4. The zero-order valence-corrected chi connectivity index (χ0v) is 24.8. The van der Waals surface area contributed by atoms with E-state index in [1.54, 1.807) is 30.6 Å². The molecule has 4 heterocycles. The van der Waals surface area contributed by atoms with Crippen LogP contribution in [0.1, 0.15) is 55.3 Å². The molecule has 0 atom stereocenters. The van der Waals surface area contributed by atoms with Gasteiger partial charge in [0.1, 0.15) is 17.4 Å². The molecule has 1 aromatic carbocycles. The van der Waals surface area contributed by atoms with Crippen LogP contribution in [0.2, 0.25) is 0 Å². The van der Waals surface area contributed by atoms with Crippen LogP contribution in [0.15, 0.2) is 54.0 Å². The Morgan fingerprint density at radius 2 is 2.02 bits per heavy atom. The van der Waals surface area contributed by atoms with Gasteiger partial charge in [0.05, 0.1) is 23.3 Å². The zero-order valence-electron chi connectivity index (χ0n) is 24.0. The third kappa shape index (κ3) is 7.37. The number of aromatic nitrogens is 4. The lowest BCUT2D eigenvalue weighted by atomic mass is 10.2. The second-order valence-corrected chi connectivity index (χ2v) is 11.3. The molecular weight excluding hydrogens is 553 g/mol. The van der Waals surface area contributed by atoms with Gasteiger partial charge in [-0.2, -0.15) is 9.47 Å². The lowest BCUT2D eigenvalue weighted by molar-refractivity contribution is -0.121. The molecule has 12 heteroatoms. The van der Waals surface area contributed by atoms with Gasteiger partial charge in [-0.15, -0.1) is 0 Å². The van der Waals surface area contributed by atoms with Crippen molar-refractivity contribution in [1.29, 1.82) is 0 Å². The van der Waals surface area contributed by atoms with Crippen LogP contribution in [0.25, 0.3) is 11.2 Å². The average Bonchev–Trinajstić information content (AvgIpc) is 3.51. The number of fused-ring (bicyclic) bond motifs is 1. The van der Waals surface area contributed by atoms with Gasteiger partial charge in [-0.3, -0.25) is 19.1 Å². The second-order valence-electron chi connectivity index (χ2n) is 10.5. The SMILES string of the molecule is C=NN(/C=C(\C)c1cnc2c(Nc3cc(CN4CCCCCC4)ns3)nc(C)cn12)CC(=O)NCc1ccccc1F. The first-order valence-corrected chi connectivity index (χ1v) is 14.9. The van der Waals surface area contributed by atoms with Crippen molar-refractivity contribution in [3.8, 4) is 0 Å². The molecule has 5 rings (SSSR count). The second kappa shape index (κ2) is 13.7. The Hall–Kier alpha value is -4.16. The Bertz CT molecular complexity index is 1570. The summed E-state index contributed by atoms with van der Waals surface area (Å²) in [6, 6.07) is 8.44. The highest BCUT2D eigenvalue weighted by Gasteiger charge is 2.16. The number of anilines is 2. The van der Waals surface area contributed by atoms with Gasteiger partial charge < -0.3 is 10.6 Å². The van der Waals surface area contributed by atoms with Crippen molar-refractivity contribution in [2.75, 3.05) is 25.0 Å². The largest absolute Gasteiger partial charge is 0.350 e. The van der Waals surface area contributed by atoms with E-state index in [0.717, 1.165) is 47.3 Å². The summed E-state index contributed by atoms with van der Waals surface area (Å²) in [5, 5.41) is 12.5. The molecule has 0 unspecified atom stereocenters. The highest BCUT2D eigenvalue weighted by atomic mass is 32.1. The van der Waals surface area contributed by atoms with Gasteiger partial charge in [0, 0.05) is 37.8 Å². The third-order valence-corrected chi connectivity index (χ3v) is 7.91. The molecular formula is C30H36FN9OS. The quantitative estimate of drug-likeness (QED) is 0.180.